The molecule has 10 heteroatoms. The predicted molar refractivity (Wildman–Crippen MR) is 130 cm³/mol. The van der Waals surface area contributed by atoms with Crippen LogP contribution in [0, 0.1) is 5.92 Å². The predicted octanol–water partition coefficient (Wildman–Crippen LogP) is -0.675. The number of benzene rings is 1. The summed E-state index contributed by atoms with van der Waals surface area (Å²) in [5, 5.41) is 28.6. The van der Waals surface area contributed by atoms with E-state index in [0.29, 0.717) is 25.0 Å². The SMILES string of the molecule is CNCC(=O)NCC(O)Cc1ccccc1OCCNC(C(=O)N(C)C(C=O)C(C)O)C(C)C. The Kier molecular flexibility index (Phi) is 13.4. The number of carbonyl (C=O) groups excluding carboxylic acids is 3. The number of para-hydroxylation sites is 1. The van der Waals surface area contributed by atoms with Crippen LogP contribution < -0.4 is 20.7 Å². The number of nitrogens with one attached hydrogen (secondary N) is 3. The largest absolute Gasteiger partial charge is 0.492 e. The lowest BCUT2D eigenvalue weighted by molar-refractivity contribution is -0.140. The zero-order valence-corrected chi connectivity index (χ0v) is 20.8. The van der Waals surface area contributed by atoms with Crippen LogP contribution in [0.3, 0.4) is 0 Å². The average Bonchev–Trinajstić information content (AvgIpc) is 2.78. The van der Waals surface area contributed by atoms with E-state index in [-0.39, 0.29) is 37.4 Å². The first-order chi connectivity index (χ1) is 16.1. The molecule has 0 aliphatic carbocycles. The highest BCUT2D eigenvalue weighted by Gasteiger charge is 2.30. The van der Waals surface area contributed by atoms with E-state index in [2.05, 4.69) is 16.0 Å². The second kappa shape index (κ2) is 15.4. The molecule has 192 valence electrons. The molecular formula is C24H40N4O6. The second-order valence-corrected chi connectivity index (χ2v) is 8.64. The normalized spacial score (nSPS) is 14.7. The number of rotatable bonds is 16. The minimum Gasteiger partial charge on any atom is -0.492 e. The molecule has 0 fully saturated rings. The van der Waals surface area contributed by atoms with Crippen molar-refractivity contribution >= 4 is 18.1 Å². The van der Waals surface area contributed by atoms with Crippen LogP contribution in [0.1, 0.15) is 26.3 Å². The fraction of sp³-hybridized carbons (Fsp3) is 0.625. The van der Waals surface area contributed by atoms with Crippen molar-refractivity contribution in [3.8, 4) is 5.75 Å². The highest BCUT2D eigenvalue weighted by atomic mass is 16.5. The Morgan fingerprint density at radius 1 is 1.18 bits per heavy atom. The van der Waals surface area contributed by atoms with Crippen LogP contribution in [0.15, 0.2) is 24.3 Å². The lowest BCUT2D eigenvalue weighted by atomic mass is 10.0. The number of aldehydes is 1. The van der Waals surface area contributed by atoms with Crippen molar-refractivity contribution in [2.75, 3.05) is 40.3 Å². The van der Waals surface area contributed by atoms with Crippen LogP contribution in [0.5, 0.6) is 5.75 Å². The third-order valence-electron chi connectivity index (χ3n) is 5.39. The standard InChI is InChI=1S/C24H40N4O6/c1-16(2)23(24(33)28(5)20(15-29)17(3)30)26-10-11-34-21-9-7-6-8-18(21)12-19(31)13-27-22(32)14-25-4/h6-9,15-17,19-20,23,25-26,30-31H,10-14H2,1-5H3,(H,27,32). The van der Waals surface area contributed by atoms with Crippen LogP contribution in [-0.2, 0) is 20.8 Å². The van der Waals surface area contributed by atoms with Crippen LogP contribution in [0.25, 0.3) is 0 Å². The summed E-state index contributed by atoms with van der Waals surface area (Å²) in [4.78, 5) is 37.0. The van der Waals surface area contributed by atoms with E-state index in [1.165, 1.54) is 18.9 Å². The maximum atomic E-state index is 12.9. The number of aliphatic hydroxyl groups is 2. The lowest BCUT2D eigenvalue weighted by Crippen LogP contribution is -2.54. The highest BCUT2D eigenvalue weighted by Crippen LogP contribution is 2.19. The third-order valence-corrected chi connectivity index (χ3v) is 5.39. The highest BCUT2D eigenvalue weighted by molar-refractivity contribution is 5.84. The molecule has 34 heavy (non-hydrogen) atoms. The summed E-state index contributed by atoms with van der Waals surface area (Å²) < 4.78 is 5.89. The van der Waals surface area contributed by atoms with Crippen LogP contribution in [-0.4, -0.2) is 97.8 Å². The summed E-state index contributed by atoms with van der Waals surface area (Å²) in [5.41, 5.74) is 0.805. The molecule has 0 spiro atoms. The number of hydrogen-bond acceptors (Lipinski definition) is 8. The number of ether oxygens (including phenoxy) is 1. The Bertz CT molecular complexity index is 774. The van der Waals surface area contributed by atoms with Crippen molar-refractivity contribution in [3.63, 3.8) is 0 Å². The summed E-state index contributed by atoms with van der Waals surface area (Å²) in [5.74, 6) is 0.100. The molecule has 4 atom stereocenters. The summed E-state index contributed by atoms with van der Waals surface area (Å²) in [6.07, 6.45) is -0.846. The number of amides is 2. The molecule has 1 aromatic rings. The maximum Gasteiger partial charge on any atom is 0.240 e. The minimum absolute atomic E-state index is 0.0446. The number of aliphatic hydroxyl groups excluding tert-OH is 2. The minimum atomic E-state index is -0.967. The van der Waals surface area contributed by atoms with Gasteiger partial charge in [0.05, 0.1) is 24.8 Å². The molecule has 0 heterocycles. The van der Waals surface area contributed by atoms with Crippen LogP contribution in [0.4, 0.5) is 0 Å². The van der Waals surface area contributed by atoms with E-state index in [1.54, 1.807) is 13.1 Å². The number of likely N-dealkylation sites (N-methyl/N-ethyl adjacent to an activating group) is 2. The van der Waals surface area contributed by atoms with Gasteiger partial charge < -0.3 is 40.6 Å². The molecule has 2 amide bonds. The van der Waals surface area contributed by atoms with Crippen molar-refractivity contribution in [2.45, 2.75) is 51.5 Å². The number of carbonyl (C=O) groups is 3. The Balaban J connectivity index is 2.64. The first-order valence-corrected chi connectivity index (χ1v) is 11.6. The molecule has 4 unspecified atom stereocenters. The van der Waals surface area contributed by atoms with Crippen LogP contribution in [0.2, 0.25) is 0 Å². The maximum absolute atomic E-state index is 12.9. The molecule has 0 bridgehead atoms. The summed E-state index contributed by atoms with van der Waals surface area (Å²) in [7, 11) is 3.18. The molecule has 0 aliphatic heterocycles. The van der Waals surface area contributed by atoms with Crippen molar-refractivity contribution in [2.24, 2.45) is 5.92 Å². The van der Waals surface area contributed by atoms with Gasteiger partial charge in [-0.05, 0) is 31.5 Å². The average molecular weight is 481 g/mol. The van der Waals surface area contributed by atoms with Crippen molar-refractivity contribution < 1.29 is 29.3 Å². The monoisotopic (exact) mass is 480 g/mol. The smallest absolute Gasteiger partial charge is 0.240 e. The first kappa shape index (κ1) is 29.5. The molecule has 5 N–H and O–H groups in total. The fourth-order valence-electron chi connectivity index (χ4n) is 3.47. The van der Waals surface area contributed by atoms with E-state index in [9.17, 15) is 24.6 Å². The van der Waals surface area contributed by atoms with Gasteiger partial charge in [0.1, 0.15) is 24.7 Å². The van der Waals surface area contributed by atoms with Gasteiger partial charge >= 0.3 is 0 Å². The second-order valence-electron chi connectivity index (χ2n) is 8.64. The summed E-state index contributed by atoms with van der Waals surface area (Å²) >= 11 is 0. The van der Waals surface area contributed by atoms with Gasteiger partial charge in [0, 0.05) is 26.6 Å². The van der Waals surface area contributed by atoms with E-state index in [0.717, 1.165) is 5.56 Å². The number of hydrogen-bond donors (Lipinski definition) is 5. The molecule has 1 rings (SSSR count). The van der Waals surface area contributed by atoms with Gasteiger partial charge in [0.25, 0.3) is 0 Å². The van der Waals surface area contributed by atoms with Crippen LogP contribution >= 0.6 is 0 Å². The summed E-state index contributed by atoms with van der Waals surface area (Å²) in [6, 6.07) is 5.88. The van der Waals surface area contributed by atoms with Crippen molar-refractivity contribution in [3.05, 3.63) is 29.8 Å². The third kappa shape index (κ3) is 9.76. The van der Waals surface area contributed by atoms with E-state index >= 15 is 0 Å². The molecule has 0 saturated heterocycles. The molecule has 0 saturated carbocycles. The van der Waals surface area contributed by atoms with Gasteiger partial charge in [-0.25, -0.2) is 0 Å². The van der Waals surface area contributed by atoms with E-state index < -0.39 is 24.3 Å². The summed E-state index contributed by atoms with van der Waals surface area (Å²) in [6.45, 7) is 6.24. The quantitative estimate of drug-likeness (QED) is 0.155. The molecule has 0 aliphatic rings. The van der Waals surface area contributed by atoms with Gasteiger partial charge in [-0.15, -0.1) is 0 Å². The Hall–Kier alpha value is -2.53. The first-order valence-electron chi connectivity index (χ1n) is 11.6. The zero-order chi connectivity index (χ0) is 25.7. The van der Waals surface area contributed by atoms with E-state index in [4.69, 9.17) is 4.74 Å². The molecule has 0 aromatic heterocycles. The fourth-order valence-corrected chi connectivity index (χ4v) is 3.47. The zero-order valence-electron chi connectivity index (χ0n) is 20.8. The molecule has 10 nitrogen and oxygen atoms in total. The van der Waals surface area contributed by atoms with Crippen molar-refractivity contribution in [1.29, 1.82) is 0 Å². The Morgan fingerprint density at radius 3 is 2.44 bits per heavy atom. The Labute approximate surface area is 202 Å². The van der Waals surface area contributed by atoms with Gasteiger partial charge in [-0.2, -0.15) is 0 Å². The molecule has 0 radical (unpaired) electrons. The van der Waals surface area contributed by atoms with Gasteiger partial charge in [-0.3, -0.25) is 9.59 Å². The lowest BCUT2D eigenvalue weighted by Gasteiger charge is -2.31. The molecule has 1 aromatic carbocycles. The Morgan fingerprint density at radius 2 is 1.85 bits per heavy atom. The van der Waals surface area contributed by atoms with E-state index in [1.807, 2.05) is 32.0 Å². The van der Waals surface area contributed by atoms with Gasteiger partial charge in [0.15, 0.2) is 0 Å². The topological polar surface area (TPSA) is 140 Å². The van der Waals surface area contributed by atoms with Gasteiger partial charge in [0.2, 0.25) is 11.8 Å². The number of nitrogens with zero attached hydrogens (tertiary/aromatic N) is 1. The van der Waals surface area contributed by atoms with Crippen molar-refractivity contribution in [1.82, 2.24) is 20.9 Å². The van der Waals surface area contributed by atoms with Gasteiger partial charge in [-0.1, -0.05) is 32.0 Å². The molecular weight excluding hydrogens is 440 g/mol.